The van der Waals surface area contributed by atoms with Gasteiger partial charge in [0.05, 0.1) is 11.6 Å². The summed E-state index contributed by atoms with van der Waals surface area (Å²) in [5, 5.41) is 13.2. The number of nitrogens with zero attached hydrogens (tertiary/aromatic N) is 2. The molecular weight excluding hydrogens is 468 g/mol. The minimum Gasteiger partial charge on any atom is -0.507 e. The number of fused-ring (bicyclic) bond motifs is 1. The van der Waals surface area contributed by atoms with Crippen LogP contribution in [0.4, 0.5) is 5.69 Å². The molecule has 0 bridgehead atoms. The van der Waals surface area contributed by atoms with E-state index >= 15 is 0 Å². The number of Topliss-reactive ketones (excluding diaryl/α,β-unsaturated/α-hetero) is 1. The van der Waals surface area contributed by atoms with Gasteiger partial charge < -0.3 is 5.11 Å². The molecule has 1 amide bonds. The Kier molecular flexibility index (Phi) is 5.07. The number of halogens is 1. The van der Waals surface area contributed by atoms with Crippen molar-refractivity contribution in [1.82, 2.24) is 4.98 Å². The molecule has 1 N–H and O–H groups in total. The monoisotopic (exact) mass is 484 g/mol. The predicted octanol–water partition coefficient (Wildman–Crippen LogP) is 5.62. The van der Waals surface area contributed by atoms with E-state index in [4.69, 9.17) is 0 Å². The minimum absolute atomic E-state index is 0.0401. The summed E-state index contributed by atoms with van der Waals surface area (Å²) in [7, 11) is 0. The Labute approximate surface area is 192 Å². The van der Waals surface area contributed by atoms with Crippen molar-refractivity contribution >= 4 is 49.8 Å². The minimum atomic E-state index is -0.801. The summed E-state index contributed by atoms with van der Waals surface area (Å²) in [6.45, 7) is 0. The molecule has 1 aliphatic heterocycles. The number of pyridine rings is 1. The predicted molar refractivity (Wildman–Crippen MR) is 127 cm³/mol. The largest absolute Gasteiger partial charge is 0.507 e. The third-order valence-electron chi connectivity index (χ3n) is 5.55. The van der Waals surface area contributed by atoms with Crippen molar-refractivity contribution in [3.63, 3.8) is 0 Å². The first kappa shape index (κ1) is 20.2. The summed E-state index contributed by atoms with van der Waals surface area (Å²) in [6, 6.07) is 23.1. The van der Waals surface area contributed by atoms with Gasteiger partial charge in [-0.05, 0) is 46.7 Å². The van der Waals surface area contributed by atoms with E-state index in [0.717, 1.165) is 15.2 Å². The number of hydrogen-bond acceptors (Lipinski definition) is 4. The maximum Gasteiger partial charge on any atom is 0.300 e. The van der Waals surface area contributed by atoms with Crippen LogP contribution in [0.2, 0.25) is 0 Å². The smallest absolute Gasteiger partial charge is 0.300 e. The first-order chi connectivity index (χ1) is 15.5. The number of benzene rings is 3. The van der Waals surface area contributed by atoms with Gasteiger partial charge >= 0.3 is 0 Å². The highest BCUT2D eigenvalue weighted by Crippen LogP contribution is 2.42. The second kappa shape index (κ2) is 8.05. The second-order valence-corrected chi connectivity index (χ2v) is 8.41. The van der Waals surface area contributed by atoms with Crippen LogP contribution in [0.3, 0.4) is 0 Å². The fourth-order valence-corrected chi connectivity index (χ4v) is 4.46. The SMILES string of the molecule is O=C1C(=O)N(c2cccc(Br)c2)C(c2cccnc2)/C1=C(/O)c1ccc2ccccc2c1. The van der Waals surface area contributed by atoms with Gasteiger partial charge in [-0.2, -0.15) is 0 Å². The molecule has 0 radical (unpaired) electrons. The van der Waals surface area contributed by atoms with E-state index in [1.807, 2.05) is 42.5 Å². The Bertz CT molecular complexity index is 1400. The van der Waals surface area contributed by atoms with E-state index in [2.05, 4.69) is 20.9 Å². The van der Waals surface area contributed by atoms with Crippen LogP contribution in [-0.2, 0) is 9.59 Å². The molecule has 0 spiro atoms. The number of hydrogen-bond donors (Lipinski definition) is 1. The maximum absolute atomic E-state index is 13.2. The van der Waals surface area contributed by atoms with Crippen molar-refractivity contribution in [1.29, 1.82) is 0 Å². The first-order valence-corrected chi connectivity index (χ1v) is 10.8. The van der Waals surface area contributed by atoms with E-state index in [9.17, 15) is 14.7 Å². The lowest BCUT2D eigenvalue weighted by Crippen LogP contribution is -2.29. The lowest BCUT2D eigenvalue weighted by molar-refractivity contribution is -0.132. The van der Waals surface area contributed by atoms with Gasteiger partial charge in [0, 0.05) is 28.1 Å². The molecule has 3 aromatic carbocycles. The van der Waals surface area contributed by atoms with Gasteiger partial charge in [0.25, 0.3) is 11.7 Å². The molecule has 0 aliphatic carbocycles. The molecule has 5 rings (SSSR count). The molecule has 1 saturated heterocycles. The summed E-state index contributed by atoms with van der Waals surface area (Å²) in [4.78, 5) is 31.9. The van der Waals surface area contributed by atoms with Crippen molar-refractivity contribution in [2.45, 2.75) is 6.04 Å². The zero-order valence-corrected chi connectivity index (χ0v) is 18.4. The molecule has 32 heavy (non-hydrogen) atoms. The molecule has 1 aliphatic rings. The first-order valence-electron chi connectivity index (χ1n) is 10.0. The highest BCUT2D eigenvalue weighted by Gasteiger charge is 2.47. The number of rotatable bonds is 3. The van der Waals surface area contributed by atoms with Gasteiger partial charge in [0.15, 0.2) is 0 Å². The molecule has 2 heterocycles. The van der Waals surface area contributed by atoms with Crippen LogP contribution in [0.1, 0.15) is 17.2 Å². The van der Waals surface area contributed by atoms with Crippen LogP contribution in [0, 0.1) is 0 Å². The summed E-state index contributed by atoms with van der Waals surface area (Å²) in [5.41, 5.74) is 1.70. The summed E-state index contributed by atoms with van der Waals surface area (Å²) >= 11 is 3.43. The number of aliphatic hydroxyl groups excluding tert-OH is 1. The average Bonchev–Trinajstić information content (AvgIpc) is 3.09. The van der Waals surface area contributed by atoms with Crippen LogP contribution in [-0.4, -0.2) is 21.8 Å². The van der Waals surface area contributed by atoms with Gasteiger partial charge in [0.2, 0.25) is 0 Å². The molecular formula is C26H17BrN2O3. The Hall–Kier alpha value is -3.77. The fourth-order valence-electron chi connectivity index (χ4n) is 4.07. The highest BCUT2D eigenvalue weighted by molar-refractivity contribution is 9.10. The molecule has 1 aromatic heterocycles. The topological polar surface area (TPSA) is 70.5 Å². The average molecular weight is 485 g/mol. The number of aromatic nitrogens is 1. The summed E-state index contributed by atoms with van der Waals surface area (Å²) in [5.74, 6) is -1.63. The highest BCUT2D eigenvalue weighted by atomic mass is 79.9. The van der Waals surface area contributed by atoms with Gasteiger partial charge in [-0.15, -0.1) is 0 Å². The number of carbonyl (C=O) groups is 2. The van der Waals surface area contributed by atoms with Crippen molar-refractivity contribution in [3.05, 3.63) is 112 Å². The maximum atomic E-state index is 13.2. The van der Waals surface area contributed by atoms with Crippen molar-refractivity contribution in [2.24, 2.45) is 0 Å². The number of aliphatic hydroxyl groups is 1. The molecule has 156 valence electrons. The third-order valence-corrected chi connectivity index (χ3v) is 6.05. The zero-order chi connectivity index (χ0) is 22.2. The Balaban J connectivity index is 1.73. The Morgan fingerprint density at radius 1 is 0.906 bits per heavy atom. The molecule has 1 unspecified atom stereocenters. The van der Waals surface area contributed by atoms with Crippen LogP contribution in [0.15, 0.2) is 101 Å². The fraction of sp³-hybridized carbons (Fsp3) is 0.0385. The Morgan fingerprint density at radius 2 is 1.72 bits per heavy atom. The van der Waals surface area contributed by atoms with Crippen molar-refractivity contribution in [2.75, 3.05) is 4.90 Å². The van der Waals surface area contributed by atoms with Crippen LogP contribution >= 0.6 is 15.9 Å². The van der Waals surface area contributed by atoms with Crippen LogP contribution < -0.4 is 4.90 Å². The zero-order valence-electron chi connectivity index (χ0n) is 16.8. The molecule has 1 atom stereocenters. The van der Waals surface area contributed by atoms with Crippen LogP contribution in [0.5, 0.6) is 0 Å². The second-order valence-electron chi connectivity index (χ2n) is 7.50. The number of amides is 1. The Morgan fingerprint density at radius 3 is 2.47 bits per heavy atom. The van der Waals surface area contributed by atoms with E-state index in [1.54, 1.807) is 48.8 Å². The van der Waals surface area contributed by atoms with Gasteiger partial charge in [0.1, 0.15) is 5.76 Å². The molecule has 6 heteroatoms. The number of ketones is 1. The van der Waals surface area contributed by atoms with Gasteiger partial charge in [-0.1, -0.05) is 64.5 Å². The standard InChI is InChI=1S/C26H17BrN2O3/c27-20-8-3-9-21(14-20)29-23(19-7-4-12-28-15-19)22(25(31)26(29)32)24(30)18-11-10-16-5-1-2-6-17(16)13-18/h1-15,23,30H/b24-22-. The molecule has 1 fully saturated rings. The molecule has 4 aromatic rings. The normalized spacial score (nSPS) is 17.8. The third kappa shape index (κ3) is 3.39. The van der Waals surface area contributed by atoms with Crippen molar-refractivity contribution < 1.29 is 14.7 Å². The van der Waals surface area contributed by atoms with Crippen LogP contribution in [0.25, 0.3) is 16.5 Å². The van der Waals surface area contributed by atoms with E-state index < -0.39 is 17.7 Å². The van der Waals surface area contributed by atoms with Crippen molar-refractivity contribution in [3.8, 4) is 0 Å². The summed E-state index contributed by atoms with van der Waals surface area (Å²) < 4.78 is 0.774. The van der Waals surface area contributed by atoms with E-state index in [-0.39, 0.29) is 11.3 Å². The quantitative estimate of drug-likeness (QED) is 0.232. The van der Waals surface area contributed by atoms with Gasteiger partial charge in [-0.3, -0.25) is 19.5 Å². The number of carbonyl (C=O) groups excluding carboxylic acids is 2. The molecule has 0 saturated carbocycles. The van der Waals surface area contributed by atoms with E-state index in [0.29, 0.717) is 16.8 Å². The lowest BCUT2D eigenvalue weighted by atomic mass is 9.95. The number of anilines is 1. The van der Waals surface area contributed by atoms with E-state index in [1.165, 1.54) is 4.90 Å². The van der Waals surface area contributed by atoms with Gasteiger partial charge in [-0.25, -0.2) is 0 Å². The summed E-state index contributed by atoms with van der Waals surface area (Å²) in [6.07, 6.45) is 3.23. The lowest BCUT2D eigenvalue weighted by Gasteiger charge is -2.25. The molecule has 5 nitrogen and oxygen atoms in total.